The minimum absolute atomic E-state index is 0.00222. The Kier molecular flexibility index (Phi) is 16.7. The van der Waals surface area contributed by atoms with Gasteiger partial charge in [-0.15, -0.1) is 0 Å². The van der Waals surface area contributed by atoms with Gasteiger partial charge in [0.15, 0.2) is 0 Å². The summed E-state index contributed by atoms with van der Waals surface area (Å²) in [6.45, 7) is 6.58. The number of carboxylic acids is 1. The molecule has 10 rings (SSSR count). The second-order valence-corrected chi connectivity index (χ2v) is 15.8. The Labute approximate surface area is 385 Å². The molecule has 14 heteroatoms. The molecule has 0 saturated carbocycles. The number of carboxylic acid groups (broad SMARTS) is 1. The number of alkyl halides is 3. The first-order valence-electron chi connectivity index (χ1n) is 21.3. The Bertz CT molecular complexity index is 2960. The second kappa shape index (κ2) is 23.2. The third-order valence-corrected chi connectivity index (χ3v) is 10.9. The molecule has 0 aliphatic heterocycles. The smallest absolute Gasteiger partial charge is 0.475 e. The number of aromatic nitrogens is 8. The predicted octanol–water partition coefficient (Wildman–Crippen LogP) is 11.7. The Morgan fingerprint density at radius 1 is 0.597 bits per heavy atom. The van der Waals surface area contributed by atoms with Crippen LogP contribution in [0.3, 0.4) is 0 Å². The lowest BCUT2D eigenvalue weighted by Crippen LogP contribution is -2.21. The number of rotatable bonds is 8. The maximum Gasteiger partial charge on any atom is 0.490 e. The molecule has 10 aromatic rings. The first kappa shape index (κ1) is 48.4. The van der Waals surface area contributed by atoms with E-state index in [0.717, 1.165) is 29.1 Å². The van der Waals surface area contributed by atoms with Crippen LogP contribution < -0.4 is 0 Å². The molecular weight excluding hydrogens is 854 g/mol. The highest BCUT2D eigenvalue weighted by Crippen LogP contribution is 2.30. The van der Waals surface area contributed by atoms with Gasteiger partial charge in [-0.2, -0.15) is 13.2 Å². The minimum atomic E-state index is -5.08. The first-order valence-corrected chi connectivity index (χ1v) is 21.3. The summed E-state index contributed by atoms with van der Waals surface area (Å²) < 4.78 is 31.7. The summed E-state index contributed by atoms with van der Waals surface area (Å²) >= 11 is 0. The maximum absolute atomic E-state index is 10.6. The summed E-state index contributed by atoms with van der Waals surface area (Å²) in [6, 6.07) is 49.9. The van der Waals surface area contributed by atoms with Crippen LogP contribution in [0.1, 0.15) is 77.8 Å². The maximum atomic E-state index is 10.6. The van der Waals surface area contributed by atoms with Gasteiger partial charge < -0.3 is 30.1 Å². The predicted molar refractivity (Wildman–Crippen MR) is 255 cm³/mol. The van der Waals surface area contributed by atoms with Crippen molar-refractivity contribution in [3.63, 3.8) is 0 Å². The molecule has 342 valence electrons. The molecule has 0 aliphatic rings. The van der Waals surface area contributed by atoms with Gasteiger partial charge in [0.05, 0.1) is 37.2 Å². The molecule has 4 heterocycles. The molecule has 67 heavy (non-hydrogen) atoms. The minimum Gasteiger partial charge on any atom is -0.475 e. The lowest BCUT2D eigenvalue weighted by atomic mass is 9.82. The van der Waals surface area contributed by atoms with E-state index in [0.29, 0.717) is 11.6 Å². The molecule has 0 aliphatic carbocycles. The molecule has 0 fully saturated rings. The lowest BCUT2D eigenvalue weighted by molar-refractivity contribution is -0.192. The van der Waals surface area contributed by atoms with Gasteiger partial charge in [0, 0.05) is 53.4 Å². The Morgan fingerprint density at radius 2 is 1.13 bits per heavy atom. The molecular formula is C53H51F3N8O3. The van der Waals surface area contributed by atoms with Crippen LogP contribution in [0.25, 0.3) is 21.5 Å². The third kappa shape index (κ3) is 13.7. The van der Waals surface area contributed by atoms with Gasteiger partial charge in [0.25, 0.3) is 0 Å². The number of nitrogens with one attached hydrogen (secondary N) is 4. The number of nitrogens with zero attached hydrogens (tertiary/aromatic N) is 4. The molecule has 0 saturated heterocycles. The molecule has 2 atom stereocenters. The molecule has 0 amide bonds. The van der Waals surface area contributed by atoms with E-state index in [1.165, 1.54) is 38.2 Å². The monoisotopic (exact) mass is 904 g/mol. The van der Waals surface area contributed by atoms with Crippen LogP contribution in [0.2, 0.25) is 0 Å². The normalized spacial score (nSPS) is 11.9. The molecule has 6 N–H and O–H groups in total. The SMILES string of the molecule is CC(C)(c1ccccc1)c1cnc[nH]1.CC(c1cnc[nH]1)c1cccc2ccccc12.O=C(O)C(F)(F)F.OC(c1ccccc1)c1cnc[nH]1.c1ccc2cc(Cc3cnc[nH]3)ccc2c1. The molecule has 0 radical (unpaired) electrons. The number of aromatic amines is 4. The average Bonchev–Trinajstić information content (AvgIpc) is 4.22. The Morgan fingerprint density at radius 3 is 1.73 bits per heavy atom. The number of fused-ring (bicyclic) bond motifs is 2. The van der Waals surface area contributed by atoms with E-state index in [-0.39, 0.29) is 5.41 Å². The van der Waals surface area contributed by atoms with E-state index >= 15 is 0 Å². The van der Waals surface area contributed by atoms with Gasteiger partial charge in [-0.05, 0) is 43.8 Å². The molecule has 11 nitrogen and oxygen atoms in total. The summed E-state index contributed by atoms with van der Waals surface area (Å²) in [6.07, 6.45) is 9.22. The largest absolute Gasteiger partial charge is 0.490 e. The van der Waals surface area contributed by atoms with Gasteiger partial charge in [0.2, 0.25) is 0 Å². The van der Waals surface area contributed by atoms with Crippen molar-refractivity contribution >= 4 is 27.5 Å². The number of carbonyl (C=O) groups is 1. The van der Waals surface area contributed by atoms with E-state index < -0.39 is 18.2 Å². The van der Waals surface area contributed by atoms with E-state index in [1.807, 2.05) is 55.0 Å². The van der Waals surface area contributed by atoms with E-state index in [9.17, 15) is 18.3 Å². The van der Waals surface area contributed by atoms with Crippen molar-refractivity contribution < 1.29 is 28.2 Å². The topological polar surface area (TPSA) is 172 Å². The fourth-order valence-corrected chi connectivity index (χ4v) is 7.09. The number of halogens is 3. The van der Waals surface area contributed by atoms with Gasteiger partial charge >= 0.3 is 12.1 Å². The quantitative estimate of drug-likeness (QED) is 0.0880. The Hall–Kier alpha value is -8.10. The van der Waals surface area contributed by atoms with Gasteiger partial charge in [-0.1, -0.05) is 166 Å². The van der Waals surface area contributed by atoms with E-state index in [4.69, 9.17) is 9.90 Å². The van der Waals surface area contributed by atoms with Gasteiger partial charge in [-0.3, -0.25) is 0 Å². The van der Waals surface area contributed by atoms with Crippen LogP contribution in [0, 0.1) is 0 Å². The summed E-state index contributed by atoms with van der Waals surface area (Å²) in [5.74, 6) is -2.42. The fraction of sp³-hybridized carbons (Fsp3) is 0.151. The van der Waals surface area contributed by atoms with Crippen molar-refractivity contribution in [1.29, 1.82) is 0 Å². The zero-order valence-electron chi connectivity index (χ0n) is 37.1. The van der Waals surface area contributed by atoms with Crippen molar-refractivity contribution in [3.8, 4) is 0 Å². The van der Waals surface area contributed by atoms with Gasteiger partial charge in [-0.25, -0.2) is 24.7 Å². The molecule has 2 unspecified atom stereocenters. The van der Waals surface area contributed by atoms with Crippen LogP contribution in [0.15, 0.2) is 196 Å². The summed E-state index contributed by atoms with van der Waals surface area (Å²) in [4.78, 5) is 37.3. The number of imidazole rings is 4. The highest BCUT2D eigenvalue weighted by molar-refractivity contribution is 5.86. The fourth-order valence-electron chi connectivity index (χ4n) is 7.09. The van der Waals surface area contributed by atoms with Crippen LogP contribution in [0.5, 0.6) is 0 Å². The lowest BCUT2D eigenvalue weighted by Gasteiger charge is -2.23. The second-order valence-electron chi connectivity index (χ2n) is 15.8. The summed E-state index contributed by atoms with van der Waals surface area (Å²) in [7, 11) is 0. The van der Waals surface area contributed by atoms with Crippen molar-refractivity contribution in [2.24, 2.45) is 0 Å². The van der Waals surface area contributed by atoms with E-state index in [2.05, 4.69) is 170 Å². The van der Waals surface area contributed by atoms with Crippen LogP contribution in [-0.2, 0) is 16.6 Å². The number of aliphatic carboxylic acids is 1. The Balaban J connectivity index is 0.000000141. The number of hydrogen-bond acceptors (Lipinski definition) is 6. The number of H-pyrrole nitrogens is 4. The van der Waals surface area contributed by atoms with Crippen molar-refractivity contribution in [2.75, 3.05) is 0 Å². The van der Waals surface area contributed by atoms with Crippen LogP contribution in [-0.4, -0.2) is 62.2 Å². The van der Waals surface area contributed by atoms with Crippen molar-refractivity contribution in [1.82, 2.24) is 39.9 Å². The van der Waals surface area contributed by atoms with Crippen LogP contribution in [0.4, 0.5) is 13.2 Å². The zero-order chi connectivity index (χ0) is 47.7. The summed E-state index contributed by atoms with van der Waals surface area (Å²) in [5, 5.41) is 22.1. The molecule has 0 bridgehead atoms. The molecule has 0 spiro atoms. The number of aliphatic hydroxyl groups excluding tert-OH is 1. The summed E-state index contributed by atoms with van der Waals surface area (Å²) in [5.41, 5.74) is 8.97. The highest BCUT2D eigenvalue weighted by atomic mass is 19.4. The highest BCUT2D eigenvalue weighted by Gasteiger charge is 2.38. The van der Waals surface area contributed by atoms with Crippen molar-refractivity contribution in [2.45, 2.75) is 50.8 Å². The average molecular weight is 905 g/mol. The first-order chi connectivity index (χ1) is 32.3. The number of aliphatic hydroxyl groups is 1. The number of hydrogen-bond donors (Lipinski definition) is 6. The van der Waals surface area contributed by atoms with Crippen molar-refractivity contribution in [3.05, 3.63) is 241 Å². The van der Waals surface area contributed by atoms with E-state index in [1.54, 1.807) is 31.5 Å². The molecule has 4 aromatic heterocycles. The van der Waals surface area contributed by atoms with Gasteiger partial charge in [0.1, 0.15) is 6.10 Å². The number of benzene rings is 6. The van der Waals surface area contributed by atoms with Crippen LogP contribution >= 0.6 is 0 Å². The molecule has 6 aromatic carbocycles. The third-order valence-electron chi connectivity index (χ3n) is 10.9. The zero-order valence-corrected chi connectivity index (χ0v) is 37.1. The standard InChI is InChI=1S/C15H14N2.C14H12N2.C12H14N2.C10H10N2O.C2HF3O2/c1-11(15-9-16-10-17-15)13-8-4-6-12-5-2-3-7-14(12)13;1-2-4-13-7-11(5-6-12(13)3-1)8-14-9-15-10-16-14;1-12(2,11-8-13-9-14-11)10-6-4-3-5-7-10;13-10(9-6-11-7-12-9)8-4-2-1-3-5-8;3-2(4,5)1(6)7/h2-11H,1H3,(H,16,17);1-7,9-10H,8H2,(H,15,16);3-9H,1-2H3,(H,13,14);1-7,10,13H,(H,11,12);(H,6,7).